The van der Waals surface area contributed by atoms with Crippen molar-refractivity contribution in [2.75, 3.05) is 0 Å². The molecule has 3 heterocycles. The third-order valence-electron chi connectivity index (χ3n) is 3.09. The summed E-state index contributed by atoms with van der Waals surface area (Å²) in [6.45, 7) is 7.75. The third-order valence-corrected chi connectivity index (χ3v) is 3.09. The van der Waals surface area contributed by atoms with Crippen molar-refractivity contribution >= 4 is 5.52 Å². The molecule has 0 unspecified atom stereocenters. The molecule has 0 aromatic carbocycles. The summed E-state index contributed by atoms with van der Waals surface area (Å²) in [6.07, 6.45) is 1.58. The molecular formula is C13H15N5O2. The number of hydrogen-bond donors (Lipinski definition) is 1. The molecule has 0 spiro atoms. The Bertz CT molecular complexity index is 834. The molecule has 3 aromatic heterocycles. The van der Waals surface area contributed by atoms with Gasteiger partial charge in [-0.05, 0) is 12.3 Å². The van der Waals surface area contributed by atoms with Crippen LogP contribution in [0.25, 0.3) is 17.0 Å². The van der Waals surface area contributed by atoms with Crippen LogP contribution in [0.5, 0.6) is 0 Å². The van der Waals surface area contributed by atoms with E-state index in [0.717, 1.165) is 0 Å². The molecule has 104 valence electrons. The van der Waals surface area contributed by atoms with E-state index in [9.17, 15) is 4.79 Å². The van der Waals surface area contributed by atoms with Gasteiger partial charge in [0.15, 0.2) is 5.69 Å². The minimum Gasteiger partial charge on any atom is -0.361 e. The Morgan fingerprint density at radius 3 is 2.70 bits per heavy atom. The summed E-state index contributed by atoms with van der Waals surface area (Å²) in [4.78, 5) is 12.2. The first kappa shape index (κ1) is 12.6. The van der Waals surface area contributed by atoms with Gasteiger partial charge in [0.1, 0.15) is 5.76 Å². The van der Waals surface area contributed by atoms with Gasteiger partial charge in [-0.15, -0.1) is 5.10 Å². The van der Waals surface area contributed by atoms with E-state index >= 15 is 0 Å². The van der Waals surface area contributed by atoms with Crippen LogP contribution in [0.1, 0.15) is 32.1 Å². The summed E-state index contributed by atoms with van der Waals surface area (Å²) in [5.74, 6) is 1.12. The first-order chi connectivity index (χ1) is 9.38. The molecule has 0 atom stereocenters. The molecule has 0 radical (unpaired) electrons. The van der Waals surface area contributed by atoms with Crippen molar-refractivity contribution in [3.05, 3.63) is 33.9 Å². The lowest BCUT2D eigenvalue weighted by atomic mass is 9.88. The van der Waals surface area contributed by atoms with Gasteiger partial charge in [-0.3, -0.25) is 9.89 Å². The molecule has 7 nitrogen and oxygen atoms in total. The number of rotatable bonds is 1. The van der Waals surface area contributed by atoms with E-state index in [-0.39, 0.29) is 11.0 Å². The van der Waals surface area contributed by atoms with Crippen molar-refractivity contribution in [1.82, 2.24) is 25.0 Å². The zero-order valence-electron chi connectivity index (χ0n) is 11.8. The number of nitrogens with zero attached hydrogens (tertiary/aromatic N) is 4. The molecule has 0 amide bonds. The highest BCUT2D eigenvalue weighted by Crippen LogP contribution is 2.25. The predicted octanol–water partition coefficient (Wildman–Crippen LogP) is 1.68. The van der Waals surface area contributed by atoms with Crippen LogP contribution in [0.3, 0.4) is 0 Å². The lowest BCUT2D eigenvalue weighted by Crippen LogP contribution is -2.20. The largest absolute Gasteiger partial charge is 0.361 e. The molecule has 0 aliphatic carbocycles. The van der Waals surface area contributed by atoms with Crippen LogP contribution in [0, 0.1) is 6.92 Å². The summed E-state index contributed by atoms with van der Waals surface area (Å²) < 4.78 is 6.65. The maximum atomic E-state index is 12.2. The highest BCUT2D eigenvalue weighted by molar-refractivity contribution is 5.60. The number of aromatic amines is 1. The van der Waals surface area contributed by atoms with Crippen molar-refractivity contribution in [2.24, 2.45) is 0 Å². The van der Waals surface area contributed by atoms with Crippen LogP contribution in [-0.4, -0.2) is 25.0 Å². The van der Waals surface area contributed by atoms with Crippen LogP contribution in [0.15, 0.2) is 21.6 Å². The van der Waals surface area contributed by atoms with Gasteiger partial charge in [-0.2, -0.15) is 5.10 Å². The van der Waals surface area contributed by atoms with E-state index in [0.29, 0.717) is 28.4 Å². The molecule has 7 heteroatoms. The Hall–Kier alpha value is -2.44. The number of hydrogen-bond acceptors (Lipinski definition) is 5. The molecule has 3 aromatic rings. The molecule has 0 saturated heterocycles. The van der Waals surface area contributed by atoms with Crippen LogP contribution >= 0.6 is 0 Å². The first-order valence-corrected chi connectivity index (χ1v) is 6.28. The van der Waals surface area contributed by atoms with Crippen molar-refractivity contribution in [2.45, 2.75) is 33.1 Å². The summed E-state index contributed by atoms with van der Waals surface area (Å²) in [7, 11) is 0. The number of fused-ring (bicyclic) bond motifs is 1. The van der Waals surface area contributed by atoms with E-state index < -0.39 is 0 Å². The Labute approximate surface area is 114 Å². The number of H-pyrrole nitrogens is 1. The Balaban J connectivity index is 2.35. The first-order valence-electron chi connectivity index (χ1n) is 6.28. The number of aromatic nitrogens is 5. The van der Waals surface area contributed by atoms with Gasteiger partial charge in [0.25, 0.3) is 5.56 Å². The van der Waals surface area contributed by atoms with Gasteiger partial charge in [0.2, 0.25) is 5.82 Å². The fraction of sp³-hybridized carbons (Fsp3) is 0.385. The second kappa shape index (κ2) is 4.03. The lowest BCUT2D eigenvalue weighted by Gasteiger charge is -2.15. The Kier molecular flexibility index (Phi) is 2.53. The lowest BCUT2D eigenvalue weighted by molar-refractivity contribution is 0.399. The zero-order chi connectivity index (χ0) is 14.5. The van der Waals surface area contributed by atoms with E-state index in [1.165, 1.54) is 0 Å². The Morgan fingerprint density at radius 1 is 1.35 bits per heavy atom. The second-order valence-electron chi connectivity index (χ2n) is 5.78. The monoisotopic (exact) mass is 273 g/mol. The molecule has 0 saturated carbocycles. The topological polar surface area (TPSA) is 89.1 Å². The van der Waals surface area contributed by atoms with Crippen molar-refractivity contribution in [3.63, 3.8) is 0 Å². The average molecular weight is 273 g/mol. The summed E-state index contributed by atoms with van der Waals surface area (Å²) in [6, 6.07) is 1.75. The van der Waals surface area contributed by atoms with Gasteiger partial charge in [-0.1, -0.05) is 25.9 Å². The quantitative estimate of drug-likeness (QED) is 0.728. The number of aryl methyl sites for hydroxylation is 1. The SMILES string of the molecule is Cc1cc(-c2nncc3c(C(C)(C)C)c(=O)[nH]n23)no1. The second-order valence-corrected chi connectivity index (χ2v) is 5.78. The fourth-order valence-electron chi connectivity index (χ4n) is 2.28. The maximum absolute atomic E-state index is 12.2. The van der Waals surface area contributed by atoms with Crippen LogP contribution in [0.4, 0.5) is 0 Å². The fourth-order valence-corrected chi connectivity index (χ4v) is 2.28. The molecule has 0 aliphatic heterocycles. The molecule has 0 bridgehead atoms. The van der Waals surface area contributed by atoms with Crippen LogP contribution < -0.4 is 5.56 Å². The Morgan fingerprint density at radius 2 is 2.10 bits per heavy atom. The number of nitrogens with one attached hydrogen (secondary N) is 1. The molecule has 3 rings (SSSR count). The van der Waals surface area contributed by atoms with E-state index in [2.05, 4.69) is 20.5 Å². The van der Waals surface area contributed by atoms with E-state index in [1.807, 2.05) is 20.8 Å². The minimum absolute atomic E-state index is 0.145. The van der Waals surface area contributed by atoms with Gasteiger partial charge < -0.3 is 4.52 Å². The van der Waals surface area contributed by atoms with E-state index in [4.69, 9.17) is 4.52 Å². The zero-order valence-corrected chi connectivity index (χ0v) is 11.8. The molecule has 1 N–H and O–H groups in total. The standard InChI is InChI=1S/C13H15N5O2/c1-7-5-8(17-20-7)11-15-14-6-9-10(13(2,3)4)12(19)16-18(9)11/h5-6H,1-4H3,(H,16,19). The van der Waals surface area contributed by atoms with Gasteiger partial charge in [-0.25, -0.2) is 4.52 Å². The summed E-state index contributed by atoms with van der Waals surface area (Å²) in [5.41, 5.74) is 1.48. The van der Waals surface area contributed by atoms with E-state index in [1.54, 1.807) is 23.7 Å². The van der Waals surface area contributed by atoms with Gasteiger partial charge in [0, 0.05) is 6.07 Å². The van der Waals surface area contributed by atoms with Crippen molar-refractivity contribution < 1.29 is 4.52 Å². The normalized spacial score (nSPS) is 12.2. The average Bonchev–Trinajstić information content (AvgIpc) is 2.90. The minimum atomic E-state index is -0.289. The third kappa shape index (κ3) is 1.82. The summed E-state index contributed by atoms with van der Waals surface area (Å²) >= 11 is 0. The molecule has 0 fully saturated rings. The molecule has 20 heavy (non-hydrogen) atoms. The van der Waals surface area contributed by atoms with Gasteiger partial charge in [0.05, 0.1) is 17.3 Å². The maximum Gasteiger partial charge on any atom is 0.268 e. The molecular weight excluding hydrogens is 258 g/mol. The van der Waals surface area contributed by atoms with Gasteiger partial charge >= 0.3 is 0 Å². The van der Waals surface area contributed by atoms with Crippen LogP contribution in [0.2, 0.25) is 0 Å². The van der Waals surface area contributed by atoms with Crippen molar-refractivity contribution in [1.29, 1.82) is 0 Å². The summed E-state index contributed by atoms with van der Waals surface area (Å²) in [5, 5.41) is 14.7. The highest BCUT2D eigenvalue weighted by Gasteiger charge is 2.24. The predicted molar refractivity (Wildman–Crippen MR) is 72.5 cm³/mol. The highest BCUT2D eigenvalue weighted by atomic mass is 16.5. The van der Waals surface area contributed by atoms with Crippen molar-refractivity contribution in [3.8, 4) is 11.5 Å². The van der Waals surface area contributed by atoms with Crippen LogP contribution in [-0.2, 0) is 5.41 Å². The smallest absolute Gasteiger partial charge is 0.268 e. The molecule has 0 aliphatic rings.